The normalized spacial score (nSPS) is 17.5. The highest BCUT2D eigenvalue weighted by Gasteiger charge is 2.27. The summed E-state index contributed by atoms with van der Waals surface area (Å²) in [5, 5.41) is 2.52. The molecule has 1 aliphatic carbocycles. The summed E-state index contributed by atoms with van der Waals surface area (Å²) in [6.45, 7) is 4.25. The lowest BCUT2D eigenvalue weighted by molar-refractivity contribution is -0.105. The summed E-state index contributed by atoms with van der Waals surface area (Å²) in [5.74, 6) is 0. The second-order valence-corrected chi connectivity index (χ2v) is 6.05. The number of benzene rings is 2. The number of carbonyl (C=O) groups excluding carboxylic acids is 1. The minimum absolute atomic E-state index is 0.0858. The maximum absolute atomic E-state index is 11.1. The lowest BCUT2D eigenvalue weighted by atomic mass is 9.74. The molecule has 0 aliphatic heterocycles. The van der Waals surface area contributed by atoms with E-state index >= 15 is 0 Å². The van der Waals surface area contributed by atoms with Crippen molar-refractivity contribution in [3.05, 3.63) is 65.8 Å². The molecule has 0 aromatic heterocycles. The van der Waals surface area contributed by atoms with E-state index in [2.05, 4.69) is 62.4 Å². The summed E-state index contributed by atoms with van der Waals surface area (Å²) in [5.41, 5.74) is 3.34. The Kier molecular flexibility index (Phi) is 3.06. The Hall–Kier alpha value is -2.15. The maximum Gasteiger partial charge on any atom is 0.146 e. The zero-order valence-corrected chi connectivity index (χ0v) is 11.9. The van der Waals surface area contributed by atoms with Gasteiger partial charge in [0.25, 0.3) is 0 Å². The average molecular weight is 262 g/mol. The summed E-state index contributed by atoms with van der Waals surface area (Å²) >= 11 is 0. The van der Waals surface area contributed by atoms with Crippen LogP contribution < -0.4 is 0 Å². The number of allylic oxidation sites excluding steroid dienone is 4. The van der Waals surface area contributed by atoms with E-state index in [0.29, 0.717) is 0 Å². The number of fused-ring (bicyclic) bond motifs is 1. The van der Waals surface area contributed by atoms with Crippen LogP contribution in [0.25, 0.3) is 16.3 Å². The van der Waals surface area contributed by atoms with Gasteiger partial charge in [0.15, 0.2) is 0 Å². The van der Waals surface area contributed by atoms with E-state index < -0.39 is 0 Å². The Morgan fingerprint density at radius 1 is 1.00 bits per heavy atom. The number of rotatable bonds is 2. The predicted molar refractivity (Wildman–Crippen MR) is 84.5 cm³/mol. The van der Waals surface area contributed by atoms with Crippen LogP contribution in [0, 0.1) is 5.41 Å². The molecule has 0 radical (unpaired) electrons. The molecule has 20 heavy (non-hydrogen) atoms. The van der Waals surface area contributed by atoms with Crippen molar-refractivity contribution in [3.63, 3.8) is 0 Å². The van der Waals surface area contributed by atoms with Crippen LogP contribution in [0.2, 0.25) is 0 Å². The van der Waals surface area contributed by atoms with E-state index in [1.54, 1.807) is 0 Å². The summed E-state index contributed by atoms with van der Waals surface area (Å²) < 4.78 is 0. The average Bonchev–Trinajstić information content (AvgIpc) is 2.45. The first-order valence-electron chi connectivity index (χ1n) is 6.96. The molecule has 2 aromatic carbocycles. The zero-order valence-electron chi connectivity index (χ0n) is 11.9. The summed E-state index contributed by atoms with van der Waals surface area (Å²) in [6.07, 6.45) is 5.92. The van der Waals surface area contributed by atoms with Crippen LogP contribution >= 0.6 is 0 Å². The SMILES string of the molecule is CC1(C)CC(c2ccc3ccccc3c2)=CC=C1C=O. The van der Waals surface area contributed by atoms with Crippen LogP contribution in [0.1, 0.15) is 25.8 Å². The Balaban J connectivity index is 2.06. The van der Waals surface area contributed by atoms with Crippen molar-refractivity contribution in [2.75, 3.05) is 0 Å². The molecule has 0 saturated carbocycles. The largest absolute Gasteiger partial charge is 0.298 e. The van der Waals surface area contributed by atoms with Crippen LogP contribution in [0.15, 0.2) is 60.2 Å². The molecule has 0 spiro atoms. The number of hydrogen-bond donors (Lipinski definition) is 0. The summed E-state index contributed by atoms with van der Waals surface area (Å²) in [4.78, 5) is 11.1. The molecule has 1 aliphatic rings. The first-order valence-corrected chi connectivity index (χ1v) is 6.96. The molecule has 0 heterocycles. The first kappa shape index (κ1) is 12.9. The molecule has 0 unspecified atom stereocenters. The van der Waals surface area contributed by atoms with Crippen molar-refractivity contribution >= 4 is 22.6 Å². The molecule has 1 heteroatoms. The summed E-state index contributed by atoms with van der Waals surface area (Å²) in [6, 6.07) is 15.0. The first-order chi connectivity index (χ1) is 9.60. The lowest BCUT2D eigenvalue weighted by Gasteiger charge is -2.29. The van der Waals surface area contributed by atoms with Crippen LogP contribution in [-0.2, 0) is 4.79 Å². The molecule has 0 amide bonds. The van der Waals surface area contributed by atoms with Gasteiger partial charge in [0, 0.05) is 0 Å². The third-order valence-corrected chi connectivity index (χ3v) is 4.13. The molecule has 0 saturated heterocycles. The third-order valence-electron chi connectivity index (χ3n) is 4.13. The molecule has 3 rings (SSSR count). The predicted octanol–water partition coefficient (Wildman–Crippen LogP) is 4.78. The minimum atomic E-state index is -0.0858. The van der Waals surface area contributed by atoms with E-state index in [-0.39, 0.29) is 5.41 Å². The third kappa shape index (κ3) is 2.20. The molecule has 1 nitrogen and oxygen atoms in total. The Labute approximate surface area is 119 Å². The molecular formula is C19H18O. The fourth-order valence-electron chi connectivity index (χ4n) is 2.84. The van der Waals surface area contributed by atoms with Gasteiger partial charge < -0.3 is 0 Å². The van der Waals surface area contributed by atoms with Crippen LogP contribution in [0.5, 0.6) is 0 Å². The van der Waals surface area contributed by atoms with Crippen LogP contribution in [-0.4, -0.2) is 6.29 Å². The van der Waals surface area contributed by atoms with Gasteiger partial charge in [-0.1, -0.05) is 62.4 Å². The Bertz CT molecular complexity index is 732. The second-order valence-electron chi connectivity index (χ2n) is 6.05. The van der Waals surface area contributed by atoms with Gasteiger partial charge in [-0.25, -0.2) is 0 Å². The van der Waals surface area contributed by atoms with Crippen molar-refractivity contribution in [2.45, 2.75) is 20.3 Å². The summed E-state index contributed by atoms with van der Waals surface area (Å²) in [7, 11) is 0. The minimum Gasteiger partial charge on any atom is -0.298 e. The molecule has 0 bridgehead atoms. The highest BCUT2D eigenvalue weighted by Crippen LogP contribution is 2.40. The Morgan fingerprint density at radius 2 is 1.75 bits per heavy atom. The highest BCUT2D eigenvalue weighted by atomic mass is 16.1. The molecule has 0 atom stereocenters. The van der Waals surface area contributed by atoms with Crippen molar-refractivity contribution < 1.29 is 4.79 Å². The fraction of sp³-hybridized carbons (Fsp3) is 0.211. The van der Waals surface area contributed by atoms with Gasteiger partial charge in [-0.3, -0.25) is 4.79 Å². The number of aldehydes is 1. The van der Waals surface area contributed by atoms with Gasteiger partial charge in [0.05, 0.1) is 0 Å². The number of carbonyl (C=O) groups is 1. The van der Waals surface area contributed by atoms with Gasteiger partial charge in [-0.15, -0.1) is 0 Å². The monoisotopic (exact) mass is 262 g/mol. The molecule has 0 fully saturated rings. The zero-order chi connectivity index (χ0) is 14.2. The van der Waals surface area contributed by atoms with Gasteiger partial charge in [-0.2, -0.15) is 0 Å². The fourth-order valence-corrected chi connectivity index (χ4v) is 2.84. The quantitative estimate of drug-likeness (QED) is 0.712. The van der Waals surface area contributed by atoms with Gasteiger partial charge in [0.1, 0.15) is 6.29 Å². The van der Waals surface area contributed by atoms with Crippen LogP contribution in [0.4, 0.5) is 0 Å². The van der Waals surface area contributed by atoms with E-state index in [4.69, 9.17) is 0 Å². The van der Waals surface area contributed by atoms with E-state index in [0.717, 1.165) is 18.3 Å². The second kappa shape index (κ2) is 4.75. The lowest BCUT2D eigenvalue weighted by Crippen LogP contribution is -2.19. The van der Waals surface area contributed by atoms with Crippen molar-refractivity contribution in [2.24, 2.45) is 5.41 Å². The maximum atomic E-state index is 11.1. The standard InChI is InChI=1S/C19H18O/c1-19(2)12-17(9-10-18(19)13-20)16-8-7-14-5-3-4-6-15(14)11-16/h3-11,13H,12H2,1-2H3. The van der Waals surface area contributed by atoms with Crippen LogP contribution in [0.3, 0.4) is 0 Å². The molecule has 100 valence electrons. The molecule has 0 N–H and O–H groups in total. The van der Waals surface area contributed by atoms with E-state index in [9.17, 15) is 4.79 Å². The van der Waals surface area contributed by atoms with Gasteiger partial charge in [0.2, 0.25) is 0 Å². The van der Waals surface area contributed by atoms with Crippen molar-refractivity contribution in [1.82, 2.24) is 0 Å². The van der Waals surface area contributed by atoms with E-state index in [1.165, 1.54) is 21.9 Å². The Morgan fingerprint density at radius 3 is 2.45 bits per heavy atom. The topological polar surface area (TPSA) is 17.1 Å². The van der Waals surface area contributed by atoms with Gasteiger partial charge in [-0.05, 0) is 45.4 Å². The molecular weight excluding hydrogens is 244 g/mol. The van der Waals surface area contributed by atoms with Crippen molar-refractivity contribution in [3.8, 4) is 0 Å². The highest BCUT2D eigenvalue weighted by molar-refractivity contribution is 5.88. The van der Waals surface area contributed by atoms with E-state index in [1.807, 2.05) is 6.08 Å². The number of hydrogen-bond acceptors (Lipinski definition) is 1. The smallest absolute Gasteiger partial charge is 0.146 e. The molecule has 2 aromatic rings. The van der Waals surface area contributed by atoms with Gasteiger partial charge >= 0.3 is 0 Å². The van der Waals surface area contributed by atoms with Crippen molar-refractivity contribution in [1.29, 1.82) is 0 Å².